The number of rotatable bonds is 6. The Bertz CT molecular complexity index is 723. The largest absolute Gasteiger partial charge is 0.338 e. The summed E-state index contributed by atoms with van der Waals surface area (Å²) in [6, 6.07) is 5.67. The van der Waals surface area contributed by atoms with Gasteiger partial charge in [-0.1, -0.05) is 25.3 Å². The number of carbonyl (C=O) groups excluding carboxylic acids is 2. The summed E-state index contributed by atoms with van der Waals surface area (Å²) in [7, 11) is 0. The van der Waals surface area contributed by atoms with Crippen molar-refractivity contribution in [3.8, 4) is 0 Å². The Labute approximate surface area is 146 Å². The van der Waals surface area contributed by atoms with Gasteiger partial charge in [-0.3, -0.25) is 14.5 Å². The lowest BCUT2D eigenvalue weighted by molar-refractivity contribution is -0.116. The van der Waals surface area contributed by atoms with Crippen molar-refractivity contribution in [1.29, 1.82) is 0 Å². The van der Waals surface area contributed by atoms with Crippen LogP contribution in [0.1, 0.15) is 44.9 Å². The zero-order valence-electron chi connectivity index (χ0n) is 14.2. The summed E-state index contributed by atoms with van der Waals surface area (Å²) in [6.07, 6.45) is 8.42. The first-order valence-electron chi connectivity index (χ1n) is 8.86. The molecule has 0 spiro atoms. The van der Waals surface area contributed by atoms with Gasteiger partial charge in [-0.2, -0.15) is 0 Å². The number of pyridine rings is 1. The van der Waals surface area contributed by atoms with E-state index in [0.717, 1.165) is 12.8 Å². The van der Waals surface area contributed by atoms with Gasteiger partial charge in [-0.25, -0.2) is 4.79 Å². The van der Waals surface area contributed by atoms with E-state index < -0.39 is 0 Å². The molecule has 0 aliphatic heterocycles. The van der Waals surface area contributed by atoms with Crippen LogP contribution in [0.4, 0.5) is 10.7 Å². The van der Waals surface area contributed by atoms with Crippen molar-refractivity contribution >= 4 is 23.5 Å². The van der Waals surface area contributed by atoms with Crippen molar-refractivity contribution in [2.75, 3.05) is 11.9 Å². The van der Waals surface area contributed by atoms with E-state index in [4.69, 9.17) is 0 Å². The van der Waals surface area contributed by atoms with E-state index in [9.17, 15) is 9.59 Å². The molecule has 8 nitrogen and oxygen atoms in total. The van der Waals surface area contributed by atoms with Crippen molar-refractivity contribution in [3.05, 3.63) is 24.4 Å². The number of nitrogens with one attached hydrogen (secondary N) is 3. The molecule has 1 aliphatic rings. The maximum absolute atomic E-state index is 12.0. The summed E-state index contributed by atoms with van der Waals surface area (Å²) in [5, 5.41) is 16.5. The van der Waals surface area contributed by atoms with Crippen molar-refractivity contribution in [2.45, 2.75) is 51.0 Å². The van der Waals surface area contributed by atoms with Crippen LogP contribution in [-0.4, -0.2) is 39.1 Å². The van der Waals surface area contributed by atoms with Crippen LogP contribution in [0.15, 0.2) is 24.4 Å². The molecule has 8 heteroatoms. The van der Waals surface area contributed by atoms with Crippen LogP contribution in [-0.2, 0) is 4.79 Å². The minimum Gasteiger partial charge on any atom is -0.338 e. The summed E-state index contributed by atoms with van der Waals surface area (Å²) in [4.78, 5) is 23.8. The number of amides is 3. The Kier molecular flexibility index (Phi) is 5.81. The van der Waals surface area contributed by atoms with E-state index in [1.165, 1.54) is 19.3 Å². The van der Waals surface area contributed by atoms with Crippen LogP contribution in [0.3, 0.4) is 0 Å². The lowest BCUT2D eigenvalue weighted by atomic mass is 9.96. The molecule has 3 rings (SSSR count). The number of carbonyl (C=O) groups is 2. The molecule has 0 bridgehead atoms. The number of urea groups is 1. The number of aromatic nitrogens is 3. The Morgan fingerprint density at radius 1 is 1.16 bits per heavy atom. The van der Waals surface area contributed by atoms with Gasteiger partial charge in [0.05, 0.1) is 0 Å². The van der Waals surface area contributed by atoms with Gasteiger partial charge in [0, 0.05) is 25.2 Å². The molecule has 0 atom stereocenters. The van der Waals surface area contributed by atoms with Crippen molar-refractivity contribution in [2.24, 2.45) is 0 Å². The Morgan fingerprint density at radius 3 is 2.84 bits per heavy atom. The third-order valence-electron chi connectivity index (χ3n) is 4.37. The first kappa shape index (κ1) is 17.2. The number of nitrogens with zero attached hydrogens (tertiary/aromatic N) is 3. The Hall–Kier alpha value is -2.64. The van der Waals surface area contributed by atoms with Gasteiger partial charge in [-0.15, -0.1) is 10.2 Å². The molecule has 0 unspecified atom stereocenters. The Morgan fingerprint density at radius 2 is 2.00 bits per heavy atom. The molecule has 1 aliphatic carbocycles. The fourth-order valence-electron chi connectivity index (χ4n) is 3.05. The van der Waals surface area contributed by atoms with E-state index >= 15 is 0 Å². The molecular formula is C17H24N6O2. The smallest absolute Gasteiger partial charge is 0.315 e. The number of hydrogen-bond donors (Lipinski definition) is 3. The molecule has 1 saturated carbocycles. The Balaban J connectivity index is 1.34. The molecule has 3 amide bonds. The molecule has 3 N–H and O–H groups in total. The highest BCUT2D eigenvalue weighted by atomic mass is 16.2. The fourth-order valence-corrected chi connectivity index (χ4v) is 3.05. The second-order valence-electron chi connectivity index (χ2n) is 6.34. The van der Waals surface area contributed by atoms with Crippen LogP contribution >= 0.6 is 0 Å². The average molecular weight is 344 g/mol. The summed E-state index contributed by atoms with van der Waals surface area (Å²) in [5.74, 6) is 0.260. The van der Waals surface area contributed by atoms with Crippen LogP contribution in [0.2, 0.25) is 0 Å². The van der Waals surface area contributed by atoms with E-state index in [0.29, 0.717) is 37.0 Å². The minimum atomic E-state index is -0.146. The zero-order chi connectivity index (χ0) is 17.5. The lowest BCUT2D eigenvalue weighted by Crippen LogP contribution is -2.43. The van der Waals surface area contributed by atoms with Gasteiger partial charge < -0.3 is 10.6 Å². The predicted molar refractivity (Wildman–Crippen MR) is 94.3 cm³/mol. The monoisotopic (exact) mass is 344 g/mol. The van der Waals surface area contributed by atoms with E-state index in [1.807, 2.05) is 18.2 Å². The lowest BCUT2D eigenvalue weighted by Gasteiger charge is -2.22. The van der Waals surface area contributed by atoms with Crippen molar-refractivity contribution in [3.63, 3.8) is 0 Å². The number of anilines is 1. The zero-order valence-corrected chi connectivity index (χ0v) is 14.2. The molecule has 134 valence electrons. The maximum atomic E-state index is 12.0. The number of fused-ring (bicyclic) bond motifs is 1. The van der Waals surface area contributed by atoms with Crippen LogP contribution in [0.25, 0.3) is 5.65 Å². The SMILES string of the molecule is O=C(CCCNC(=O)NC1CCCCC1)Nc1nnc2ccccn12. The highest BCUT2D eigenvalue weighted by Crippen LogP contribution is 2.17. The summed E-state index contributed by atoms with van der Waals surface area (Å²) < 4.78 is 1.72. The molecule has 25 heavy (non-hydrogen) atoms. The number of hydrogen-bond acceptors (Lipinski definition) is 4. The van der Waals surface area contributed by atoms with Crippen molar-refractivity contribution < 1.29 is 9.59 Å². The summed E-state index contributed by atoms with van der Waals surface area (Å²) >= 11 is 0. The molecule has 0 saturated heterocycles. The molecule has 0 radical (unpaired) electrons. The molecule has 0 aromatic carbocycles. The third kappa shape index (κ3) is 4.91. The predicted octanol–water partition coefficient (Wildman–Crippen LogP) is 2.08. The van der Waals surface area contributed by atoms with Gasteiger partial charge in [0.1, 0.15) is 0 Å². The van der Waals surface area contributed by atoms with Crippen LogP contribution in [0.5, 0.6) is 0 Å². The second kappa shape index (κ2) is 8.46. The standard InChI is InChI=1S/C17H24N6O2/c24-15(20-16-22-21-14-9-4-5-12-23(14)16)10-6-11-18-17(25)19-13-7-2-1-3-8-13/h4-5,9,12-13H,1-3,6-8,10-11H2,(H2,18,19,25)(H,20,22,24). The minimum absolute atomic E-state index is 0.143. The third-order valence-corrected chi connectivity index (χ3v) is 4.37. The van der Waals surface area contributed by atoms with Gasteiger partial charge in [0.2, 0.25) is 11.9 Å². The fraction of sp³-hybridized carbons (Fsp3) is 0.529. The first-order chi connectivity index (χ1) is 12.2. The topological polar surface area (TPSA) is 100 Å². The average Bonchev–Trinajstić information content (AvgIpc) is 3.03. The molecule has 2 heterocycles. The van der Waals surface area contributed by atoms with Gasteiger partial charge in [0.25, 0.3) is 0 Å². The highest BCUT2D eigenvalue weighted by molar-refractivity contribution is 5.89. The summed E-state index contributed by atoms with van der Waals surface area (Å²) in [5.41, 5.74) is 0.679. The molecule has 2 aromatic rings. The van der Waals surface area contributed by atoms with E-state index in [1.54, 1.807) is 10.6 Å². The van der Waals surface area contributed by atoms with Crippen LogP contribution in [0, 0.1) is 0 Å². The first-order valence-corrected chi connectivity index (χ1v) is 8.86. The normalized spacial score (nSPS) is 15.0. The van der Waals surface area contributed by atoms with Gasteiger partial charge in [-0.05, 0) is 31.4 Å². The molecule has 2 aromatic heterocycles. The van der Waals surface area contributed by atoms with Gasteiger partial charge >= 0.3 is 6.03 Å². The maximum Gasteiger partial charge on any atom is 0.315 e. The van der Waals surface area contributed by atoms with E-state index in [2.05, 4.69) is 26.1 Å². The summed E-state index contributed by atoms with van der Waals surface area (Å²) in [6.45, 7) is 0.465. The highest BCUT2D eigenvalue weighted by Gasteiger charge is 2.15. The van der Waals surface area contributed by atoms with Gasteiger partial charge in [0.15, 0.2) is 5.65 Å². The van der Waals surface area contributed by atoms with Crippen molar-refractivity contribution in [1.82, 2.24) is 25.2 Å². The second-order valence-corrected chi connectivity index (χ2v) is 6.34. The van der Waals surface area contributed by atoms with Crippen LogP contribution < -0.4 is 16.0 Å². The molecule has 1 fully saturated rings. The van der Waals surface area contributed by atoms with E-state index in [-0.39, 0.29) is 11.9 Å². The quantitative estimate of drug-likeness (QED) is 0.698. The molecular weight excluding hydrogens is 320 g/mol.